The van der Waals surface area contributed by atoms with Gasteiger partial charge in [0.25, 0.3) is 0 Å². The molecule has 2 aromatic carbocycles. The molecule has 0 aliphatic heterocycles. The third kappa shape index (κ3) is 6.07. The average Bonchev–Trinajstić information content (AvgIpc) is 2.61. The molecule has 0 aliphatic rings. The molecule has 0 amide bonds. The number of carboxylic acids is 1. The Kier molecular flexibility index (Phi) is 7.20. The molecule has 2 rings (SSSR count). The molecule has 25 heavy (non-hydrogen) atoms. The summed E-state index contributed by atoms with van der Waals surface area (Å²) in [6.07, 6.45) is 6.51. The topological polar surface area (TPSA) is 58.9 Å². The minimum absolute atomic E-state index is 0.272. The summed E-state index contributed by atoms with van der Waals surface area (Å²) < 4.78 is 5.78. The number of hydrogen-bond donors (Lipinski definition) is 1. The Hall–Kier alpha value is -2.62. The highest BCUT2D eigenvalue weighted by molar-refractivity contribution is 5.89. The van der Waals surface area contributed by atoms with Crippen molar-refractivity contribution in [2.24, 2.45) is 4.99 Å². The van der Waals surface area contributed by atoms with Crippen LogP contribution in [-0.2, 0) is 0 Å². The summed E-state index contributed by atoms with van der Waals surface area (Å²) in [5, 5.41) is 8.90. The molecule has 0 radical (unpaired) electrons. The Morgan fingerprint density at radius 1 is 1.12 bits per heavy atom. The van der Waals surface area contributed by atoms with Gasteiger partial charge in [0.1, 0.15) is 5.75 Å². The molecule has 0 atom stereocenters. The fourth-order valence-corrected chi connectivity index (χ4v) is 2.44. The summed E-state index contributed by atoms with van der Waals surface area (Å²) in [5.41, 5.74) is 3.06. The van der Waals surface area contributed by atoms with Crippen molar-refractivity contribution < 1.29 is 14.6 Å². The lowest BCUT2D eigenvalue weighted by molar-refractivity contribution is 0.0697. The van der Waals surface area contributed by atoms with Gasteiger partial charge >= 0.3 is 5.97 Å². The molecule has 0 saturated heterocycles. The fourth-order valence-electron chi connectivity index (χ4n) is 2.44. The maximum atomic E-state index is 10.8. The predicted molar refractivity (Wildman–Crippen MR) is 101 cm³/mol. The van der Waals surface area contributed by atoms with Crippen LogP contribution < -0.4 is 4.74 Å². The summed E-state index contributed by atoms with van der Waals surface area (Å²) in [6, 6.07) is 12.5. The van der Waals surface area contributed by atoms with E-state index in [1.54, 1.807) is 30.5 Å². The van der Waals surface area contributed by atoms with Gasteiger partial charge in [0.15, 0.2) is 0 Å². The van der Waals surface area contributed by atoms with Gasteiger partial charge in [0, 0.05) is 6.21 Å². The van der Waals surface area contributed by atoms with Gasteiger partial charge in [-0.25, -0.2) is 4.79 Å². The predicted octanol–water partition coefficient (Wildman–Crippen LogP) is 5.40. The molecule has 132 valence electrons. The van der Waals surface area contributed by atoms with Crippen LogP contribution in [0.3, 0.4) is 0 Å². The molecule has 0 fully saturated rings. The number of carboxylic acid groups (broad SMARTS) is 1. The molecule has 0 unspecified atom stereocenters. The van der Waals surface area contributed by atoms with E-state index in [1.165, 1.54) is 19.3 Å². The minimum atomic E-state index is -0.926. The summed E-state index contributed by atoms with van der Waals surface area (Å²) in [4.78, 5) is 15.3. The number of carbonyl (C=O) groups is 1. The normalized spacial score (nSPS) is 11.0. The standard InChI is InChI=1S/C21H25NO3/c1-3-4-5-6-13-25-19-11-12-20(16(2)14-19)22-15-17-7-9-18(10-8-17)21(23)24/h7-12,14-15H,3-6,13H2,1-2H3,(H,23,24). The number of aromatic carboxylic acids is 1. The summed E-state index contributed by atoms with van der Waals surface area (Å²) >= 11 is 0. The number of aliphatic imine (C=N–C) groups is 1. The monoisotopic (exact) mass is 339 g/mol. The van der Waals surface area contributed by atoms with Crippen LogP contribution in [0.15, 0.2) is 47.5 Å². The maximum Gasteiger partial charge on any atom is 0.335 e. The van der Waals surface area contributed by atoms with Gasteiger partial charge in [0.05, 0.1) is 17.9 Å². The number of benzene rings is 2. The Labute approximate surface area is 149 Å². The van der Waals surface area contributed by atoms with Gasteiger partial charge in [-0.05, 0) is 54.8 Å². The van der Waals surface area contributed by atoms with Crippen molar-refractivity contribution in [2.75, 3.05) is 6.61 Å². The van der Waals surface area contributed by atoms with Crippen molar-refractivity contribution in [3.63, 3.8) is 0 Å². The van der Waals surface area contributed by atoms with Crippen LogP contribution in [0.1, 0.15) is 54.1 Å². The third-order valence-corrected chi connectivity index (χ3v) is 3.95. The molecule has 0 aliphatic carbocycles. The first-order valence-electron chi connectivity index (χ1n) is 8.71. The first-order chi connectivity index (χ1) is 12.1. The molecule has 4 nitrogen and oxygen atoms in total. The second-order valence-corrected chi connectivity index (χ2v) is 6.04. The van der Waals surface area contributed by atoms with Gasteiger partial charge in [0.2, 0.25) is 0 Å². The highest BCUT2D eigenvalue weighted by Crippen LogP contribution is 2.24. The summed E-state index contributed by atoms with van der Waals surface area (Å²) in [5.74, 6) is -0.0524. The molecule has 4 heteroatoms. The van der Waals surface area contributed by atoms with Crippen LogP contribution in [0.4, 0.5) is 5.69 Å². The van der Waals surface area contributed by atoms with E-state index in [9.17, 15) is 4.79 Å². The highest BCUT2D eigenvalue weighted by Gasteiger charge is 2.02. The Bertz CT molecular complexity index is 720. The lowest BCUT2D eigenvalue weighted by Crippen LogP contribution is -1.97. The van der Waals surface area contributed by atoms with Crippen molar-refractivity contribution >= 4 is 17.9 Å². The van der Waals surface area contributed by atoms with Crippen molar-refractivity contribution in [3.8, 4) is 5.75 Å². The Morgan fingerprint density at radius 3 is 2.52 bits per heavy atom. The van der Waals surface area contributed by atoms with Gasteiger partial charge in [-0.2, -0.15) is 0 Å². The highest BCUT2D eigenvalue weighted by atomic mass is 16.5. The Morgan fingerprint density at radius 2 is 1.88 bits per heavy atom. The zero-order valence-corrected chi connectivity index (χ0v) is 14.9. The van der Waals surface area contributed by atoms with E-state index in [2.05, 4.69) is 11.9 Å². The molecular weight excluding hydrogens is 314 g/mol. The van der Waals surface area contributed by atoms with E-state index < -0.39 is 5.97 Å². The molecule has 0 bridgehead atoms. The second kappa shape index (κ2) is 9.62. The molecular formula is C21H25NO3. The zero-order chi connectivity index (χ0) is 18.1. The maximum absolute atomic E-state index is 10.8. The average molecular weight is 339 g/mol. The molecule has 0 spiro atoms. The Balaban J connectivity index is 1.94. The molecule has 1 N–H and O–H groups in total. The summed E-state index contributed by atoms with van der Waals surface area (Å²) in [6.45, 7) is 4.95. The minimum Gasteiger partial charge on any atom is -0.494 e. The van der Waals surface area contributed by atoms with Gasteiger partial charge in [-0.15, -0.1) is 0 Å². The largest absolute Gasteiger partial charge is 0.494 e. The van der Waals surface area contributed by atoms with E-state index in [0.717, 1.165) is 35.6 Å². The molecule has 0 aromatic heterocycles. The smallest absolute Gasteiger partial charge is 0.335 e. The first kappa shape index (κ1) is 18.7. The molecule has 0 heterocycles. The lowest BCUT2D eigenvalue weighted by atomic mass is 10.1. The number of nitrogens with zero attached hydrogens (tertiary/aromatic N) is 1. The lowest BCUT2D eigenvalue weighted by Gasteiger charge is -2.08. The van der Waals surface area contributed by atoms with E-state index in [4.69, 9.17) is 9.84 Å². The summed E-state index contributed by atoms with van der Waals surface area (Å²) in [7, 11) is 0. The van der Waals surface area contributed by atoms with Crippen LogP contribution in [0.5, 0.6) is 5.75 Å². The zero-order valence-electron chi connectivity index (χ0n) is 14.9. The second-order valence-electron chi connectivity index (χ2n) is 6.04. The van der Waals surface area contributed by atoms with Crippen LogP contribution in [-0.4, -0.2) is 23.9 Å². The van der Waals surface area contributed by atoms with Crippen LogP contribution in [0, 0.1) is 6.92 Å². The van der Waals surface area contributed by atoms with Gasteiger partial charge in [-0.3, -0.25) is 4.99 Å². The third-order valence-electron chi connectivity index (χ3n) is 3.95. The van der Waals surface area contributed by atoms with Crippen molar-refractivity contribution in [1.29, 1.82) is 0 Å². The quantitative estimate of drug-likeness (QED) is 0.491. The number of ether oxygens (including phenoxy) is 1. The van der Waals surface area contributed by atoms with Gasteiger partial charge < -0.3 is 9.84 Å². The SMILES string of the molecule is CCCCCCOc1ccc(N=Cc2ccc(C(=O)O)cc2)c(C)c1. The van der Waals surface area contributed by atoms with E-state index in [1.807, 2.05) is 25.1 Å². The number of hydrogen-bond acceptors (Lipinski definition) is 3. The number of aryl methyl sites for hydroxylation is 1. The van der Waals surface area contributed by atoms with E-state index in [-0.39, 0.29) is 5.56 Å². The van der Waals surface area contributed by atoms with E-state index in [0.29, 0.717) is 0 Å². The van der Waals surface area contributed by atoms with Gasteiger partial charge in [-0.1, -0.05) is 38.3 Å². The van der Waals surface area contributed by atoms with E-state index >= 15 is 0 Å². The molecule has 2 aromatic rings. The van der Waals surface area contributed by atoms with Crippen LogP contribution in [0.25, 0.3) is 0 Å². The van der Waals surface area contributed by atoms with Crippen LogP contribution in [0.2, 0.25) is 0 Å². The van der Waals surface area contributed by atoms with Crippen LogP contribution >= 0.6 is 0 Å². The van der Waals surface area contributed by atoms with Crippen molar-refractivity contribution in [1.82, 2.24) is 0 Å². The fraction of sp³-hybridized carbons (Fsp3) is 0.333. The van der Waals surface area contributed by atoms with Crippen molar-refractivity contribution in [2.45, 2.75) is 39.5 Å². The number of unbranched alkanes of at least 4 members (excludes halogenated alkanes) is 3. The molecule has 0 saturated carbocycles. The van der Waals surface area contributed by atoms with Crippen molar-refractivity contribution in [3.05, 3.63) is 59.2 Å². The first-order valence-corrected chi connectivity index (χ1v) is 8.71. The number of rotatable bonds is 9.